The molecule has 1 aromatic carbocycles. The Morgan fingerprint density at radius 3 is 2.33 bits per heavy atom. The van der Waals surface area contributed by atoms with Crippen LogP contribution in [0.25, 0.3) is 0 Å². The molecule has 3 heteroatoms. The Kier molecular flexibility index (Phi) is 6.90. The van der Waals surface area contributed by atoms with Gasteiger partial charge >= 0.3 is 0 Å². The first-order valence-electron chi connectivity index (χ1n) is 6.64. The van der Waals surface area contributed by atoms with Crippen molar-refractivity contribution >= 4 is 15.9 Å². The van der Waals surface area contributed by atoms with Crippen LogP contribution < -0.4 is 5.32 Å². The van der Waals surface area contributed by atoms with Crippen molar-refractivity contribution in [3.05, 3.63) is 34.3 Å². The highest BCUT2D eigenvalue weighted by atomic mass is 79.9. The van der Waals surface area contributed by atoms with Crippen LogP contribution >= 0.6 is 15.9 Å². The van der Waals surface area contributed by atoms with Gasteiger partial charge in [0, 0.05) is 17.1 Å². The summed E-state index contributed by atoms with van der Waals surface area (Å²) in [6.07, 6.45) is 1.14. The van der Waals surface area contributed by atoms with Gasteiger partial charge < -0.3 is 10.2 Å². The second kappa shape index (κ2) is 7.93. The van der Waals surface area contributed by atoms with Gasteiger partial charge in [-0.15, -0.1) is 0 Å². The van der Waals surface area contributed by atoms with Crippen molar-refractivity contribution in [3.63, 3.8) is 0 Å². The lowest BCUT2D eigenvalue weighted by Gasteiger charge is -2.23. The summed E-state index contributed by atoms with van der Waals surface area (Å²) in [4.78, 5) is 2.41. The molecule has 0 bridgehead atoms. The molecule has 1 aromatic rings. The molecule has 0 amide bonds. The minimum Gasteiger partial charge on any atom is -0.313 e. The van der Waals surface area contributed by atoms with Crippen LogP contribution in [0.4, 0.5) is 0 Å². The zero-order chi connectivity index (χ0) is 13.5. The van der Waals surface area contributed by atoms with E-state index in [2.05, 4.69) is 71.3 Å². The van der Waals surface area contributed by atoms with Crippen molar-refractivity contribution in [2.24, 2.45) is 5.92 Å². The van der Waals surface area contributed by atoms with Crippen LogP contribution in [-0.2, 0) is 0 Å². The quantitative estimate of drug-likeness (QED) is 0.826. The van der Waals surface area contributed by atoms with Crippen LogP contribution in [0.15, 0.2) is 28.7 Å². The highest BCUT2D eigenvalue weighted by molar-refractivity contribution is 9.10. The van der Waals surface area contributed by atoms with Crippen molar-refractivity contribution in [1.29, 1.82) is 0 Å². The smallest absolute Gasteiger partial charge is 0.0329 e. The van der Waals surface area contributed by atoms with Gasteiger partial charge in [0.15, 0.2) is 0 Å². The van der Waals surface area contributed by atoms with E-state index in [4.69, 9.17) is 0 Å². The van der Waals surface area contributed by atoms with E-state index in [9.17, 15) is 0 Å². The third-order valence-corrected chi connectivity index (χ3v) is 3.63. The molecule has 18 heavy (non-hydrogen) atoms. The Morgan fingerprint density at radius 2 is 1.83 bits per heavy atom. The maximum atomic E-state index is 3.48. The molecule has 1 N–H and O–H groups in total. The molecule has 0 heterocycles. The van der Waals surface area contributed by atoms with Gasteiger partial charge in [-0.1, -0.05) is 41.9 Å². The minimum absolute atomic E-state index is 0.438. The third kappa shape index (κ3) is 5.51. The molecule has 0 aliphatic carbocycles. The maximum absolute atomic E-state index is 3.48. The van der Waals surface area contributed by atoms with Crippen LogP contribution in [0.5, 0.6) is 0 Å². The van der Waals surface area contributed by atoms with Crippen LogP contribution in [0.3, 0.4) is 0 Å². The number of hydrogen-bond donors (Lipinski definition) is 1. The summed E-state index contributed by atoms with van der Waals surface area (Å²) in [6.45, 7) is 6.82. The molecule has 0 aromatic heterocycles. The lowest BCUT2D eigenvalue weighted by Crippen LogP contribution is -2.28. The predicted octanol–water partition coefficient (Wildman–Crippen LogP) is 3.69. The molecule has 0 aliphatic rings. The Bertz CT molecular complexity index is 335. The first kappa shape index (κ1) is 15.7. The van der Waals surface area contributed by atoms with Crippen LogP contribution in [0.2, 0.25) is 0 Å². The van der Waals surface area contributed by atoms with Crippen LogP contribution in [0, 0.1) is 5.92 Å². The molecule has 2 nitrogen and oxygen atoms in total. The summed E-state index contributed by atoms with van der Waals surface area (Å²) in [5.41, 5.74) is 1.36. The van der Waals surface area contributed by atoms with Crippen molar-refractivity contribution in [2.75, 3.05) is 27.2 Å². The van der Waals surface area contributed by atoms with Crippen molar-refractivity contribution in [1.82, 2.24) is 10.2 Å². The van der Waals surface area contributed by atoms with Crippen molar-refractivity contribution in [3.8, 4) is 0 Å². The zero-order valence-electron chi connectivity index (χ0n) is 11.9. The number of rotatable bonds is 7. The molecule has 1 unspecified atom stereocenters. The Hall–Kier alpha value is -0.380. The highest BCUT2D eigenvalue weighted by Gasteiger charge is 2.10. The summed E-state index contributed by atoms with van der Waals surface area (Å²) in [7, 11) is 4.24. The van der Waals surface area contributed by atoms with E-state index < -0.39 is 0 Å². The fourth-order valence-electron chi connectivity index (χ4n) is 2.24. The standard InChI is InChI=1S/C15H25BrN2/c1-12(2)11-18(4)10-9-15(17-3)13-5-7-14(16)8-6-13/h5-8,12,15,17H,9-11H2,1-4H3. The molecule has 0 radical (unpaired) electrons. The Balaban J connectivity index is 2.49. The fourth-order valence-corrected chi connectivity index (χ4v) is 2.50. The van der Waals surface area contributed by atoms with Gasteiger partial charge in [-0.25, -0.2) is 0 Å². The highest BCUT2D eigenvalue weighted by Crippen LogP contribution is 2.19. The number of hydrogen-bond acceptors (Lipinski definition) is 2. The average molecular weight is 313 g/mol. The number of nitrogens with zero attached hydrogens (tertiary/aromatic N) is 1. The van der Waals surface area contributed by atoms with Crippen LogP contribution in [-0.4, -0.2) is 32.1 Å². The molecule has 1 rings (SSSR count). The first-order chi connectivity index (χ1) is 8.52. The number of halogens is 1. The zero-order valence-corrected chi connectivity index (χ0v) is 13.5. The normalized spacial score (nSPS) is 13.3. The van der Waals surface area contributed by atoms with E-state index in [0.717, 1.165) is 29.9 Å². The van der Waals surface area contributed by atoms with Gasteiger partial charge in [-0.3, -0.25) is 0 Å². The second-order valence-corrected chi connectivity index (χ2v) is 6.25. The summed E-state index contributed by atoms with van der Waals surface area (Å²) in [5, 5.41) is 3.40. The molecule has 0 saturated heterocycles. The summed E-state index contributed by atoms with van der Waals surface area (Å²) < 4.78 is 1.14. The number of nitrogens with one attached hydrogen (secondary N) is 1. The van der Waals surface area contributed by atoms with Gasteiger partial charge in [0.1, 0.15) is 0 Å². The van der Waals surface area contributed by atoms with Gasteiger partial charge in [0.2, 0.25) is 0 Å². The SMILES string of the molecule is CNC(CCN(C)CC(C)C)c1ccc(Br)cc1. The van der Waals surface area contributed by atoms with E-state index in [-0.39, 0.29) is 0 Å². The number of benzene rings is 1. The minimum atomic E-state index is 0.438. The topological polar surface area (TPSA) is 15.3 Å². The maximum Gasteiger partial charge on any atom is 0.0329 e. The summed E-state index contributed by atoms with van der Waals surface area (Å²) in [5.74, 6) is 0.732. The van der Waals surface area contributed by atoms with Crippen molar-refractivity contribution < 1.29 is 0 Å². The Labute approximate surface area is 120 Å². The Morgan fingerprint density at radius 1 is 1.22 bits per heavy atom. The molecular weight excluding hydrogens is 288 g/mol. The second-order valence-electron chi connectivity index (χ2n) is 5.34. The molecule has 0 spiro atoms. The van der Waals surface area contributed by atoms with Gasteiger partial charge in [0.05, 0.1) is 0 Å². The average Bonchev–Trinajstić information content (AvgIpc) is 2.31. The predicted molar refractivity (Wildman–Crippen MR) is 82.9 cm³/mol. The largest absolute Gasteiger partial charge is 0.313 e. The van der Waals surface area contributed by atoms with E-state index >= 15 is 0 Å². The van der Waals surface area contributed by atoms with E-state index in [0.29, 0.717) is 6.04 Å². The van der Waals surface area contributed by atoms with E-state index in [1.54, 1.807) is 0 Å². The van der Waals surface area contributed by atoms with E-state index in [1.165, 1.54) is 5.56 Å². The van der Waals surface area contributed by atoms with Gasteiger partial charge in [-0.2, -0.15) is 0 Å². The molecular formula is C15H25BrN2. The molecule has 0 aliphatic heterocycles. The molecule has 0 fully saturated rings. The van der Waals surface area contributed by atoms with E-state index in [1.807, 2.05) is 7.05 Å². The van der Waals surface area contributed by atoms with Crippen molar-refractivity contribution in [2.45, 2.75) is 26.3 Å². The molecule has 102 valence electrons. The third-order valence-electron chi connectivity index (χ3n) is 3.10. The fraction of sp³-hybridized carbons (Fsp3) is 0.600. The monoisotopic (exact) mass is 312 g/mol. The van der Waals surface area contributed by atoms with Gasteiger partial charge in [-0.05, 0) is 50.7 Å². The summed E-state index contributed by atoms with van der Waals surface area (Å²) in [6, 6.07) is 9.03. The molecule has 1 atom stereocenters. The lowest BCUT2D eigenvalue weighted by atomic mass is 10.0. The first-order valence-corrected chi connectivity index (χ1v) is 7.43. The van der Waals surface area contributed by atoms with Crippen LogP contribution in [0.1, 0.15) is 31.9 Å². The van der Waals surface area contributed by atoms with Gasteiger partial charge in [0.25, 0.3) is 0 Å². The molecule has 0 saturated carbocycles. The summed E-state index contributed by atoms with van der Waals surface area (Å²) >= 11 is 3.48. The lowest BCUT2D eigenvalue weighted by molar-refractivity contribution is 0.279.